The van der Waals surface area contributed by atoms with Gasteiger partial charge < -0.3 is 10.4 Å². The Morgan fingerprint density at radius 3 is 2.31 bits per heavy atom. The highest BCUT2D eigenvalue weighted by Crippen LogP contribution is 2.46. The summed E-state index contributed by atoms with van der Waals surface area (Å²) in [6, 6.07) is 4.84. The van der Waals surface area contributed by atoms with Gasteiger partial charge in [-0.1, -0.05) is 23.2 Å². The van der Waals surface area contributed by atoms with Crippen LogP contribution < -0.4 is 5.32 Å². The van der Waals surface area contributed by atoms with Crippen LogP contribution in [0.25, 0.3) is 0 Å². The standard InChI is InChI=1S/C11H11Cl2NO2/c12-7-3-8(13)5-9(4-7)14-10(16)11(6-15)1-2-11/h3-5,15H,1-2,6H2,(H,14,16). The zero-order chi connectivity index (χ0) is 11.8. The van der Waals surface area contributed by atoms with Crippen molar-refractivity contribution in [2.75, 3.05) is 11.9 Å². The fourth-order valence-electron chi connectivity index (χ4n) is 1.50. The highest BCUT2D eigenvalue weighted by atomic mass is 35.5. The summed E-state index contributed by atoms with van der Waals surface area (Å²) in [6.45, 7) is -0.118. The van der Waals surface area contributed by atoms with E-state index in [4.69, 9.17) is 28.3 Å². The maximum atomic E-state index is 11.8. The topological polar surface area (TPSA) is 49.3 Å². The first-order chi connectivity index (χ1) is 7.55. The molecule has 0 aliphatic heterocycles. The van der Waals surface area contributed by atoms with Gasteiger partial charge in [0.25, 0.3) is 0 Å². The van der Waals surface area contributed by atoms with Gasteiger partial charge in [-0.05, 0) is 31.0 Å². The number of anilines is 1. The van der Waals surface area contributed by atoms with Gasteiger partial charge in [-0.15, -0.1) is 0 Å². The number of benzene rings is 1. The van der Waals surface area contributed by atoms with Gasteiger partial charge in [0, 0.05) is 15.7 Å². The minimum Gasteiger partial charge on any atom is -0.395 e. The van der Waals surface area contributed by atoms with E-state index in [1.807, 2.05) is 0 Å². The molecule has 0 bridgehead atoms. The Bertz CT molecular complexity index is 410. The second-order valence-electron chi connectivity index (χ2n) is 4.05. The molecule has 1 aliphatic rings. The summed E-state index contributed by atoms with van der Waals surface area (Å²) >= 11 is 11.6. The maximum Gasteiger partial charge on any atom is 0.232 e. The summed E-state index contributed by atoms with van der Waals surface area (Å²) in [6.07, 6.45) is 1.45. The molecule has 86 valence electrons. The van der Waals surface area contributed by atoms with Crippen molar-refractivity contribution in [3.8, 4) is 0 Å². The molecule has 0 spiro atoms. The van der Waals surface area contributed by atoms with Gasteiger partial charge in [0.1, 0.15) is 0 Å². The Morgan fingerprint density at radius 1 is 1.31 bits per heavy atom. The summed E-state index contributed by atoms with van der Waals surface area (Å²) in [4.78, 5) is 11.8. The second kappa shape index (κ2) is 4.24. The molecule has 1 aliphatic carbocycles. The second-order valence-corrected chi connectivity index (χ2v) is 4.92. The quantitative estimate of drug-likeness (QED) is 0.877. The third-order valence-electron chi connectivity index (χ3n) is 2.76. The Balaban J connectivity index is 2.12. The number of nitrogens with one attached hydrogen (secondary N) is 1. The molecule has 2 N–H and O–H groups in total. The summed E-state index contributed by atoms with van der Waals surface area (Å²) in [7, 11) is 0. The molecule has 1 amide bonds. The molecule has 0 atom stereocenters. The Hall–Kier alpha value is -0.770. The predicted octanol–water partition coefficient (Wildman–Crippen LogP) is 2.70. The zero-order valence-corrected chi connectivity index (χ0v) is 9.98. The fourth-order valence-corrected chi connectivity index (χ4v) is 2.02. The van der Waals surface area contributed by atoms with E-state index in [0.717, 1.165) is 12.8 Å². The minimum atomic E-state index is -0.588. The maximum absolute atomic E-state index is 11.8. The van der Waals surface area contributed by atoms with E-state index in [0.29, 0.717) is 15.7 Å². The van der Waals surface area contributed by atoms with Crippen molar-refractivity contribution in [2.45, 2.75) is 12.8 Å². The van der Waals surface area contributed by atoms with E-state index >= 15 is 0 Å². The third-order valence-corrected chi connectivity index (χ3v) is 3.19. The molecule has 0 unspecified atom stereocenters. The van der Waals surface area contributed by atoms with E-state index in [-0.39, 0.29) is 12.5 Å². The van der Waals surface area contributed by atoms with Crippen LogP contribution in [0.3, 0.4) is 0 Å². The number of carbonyl (C=O) groups is 1. The highest BCUT2D eigenvalue weighted by Gasteiger charge is 2.49. The summed E-state index contributed by atoms with van der Waals surface area (Å²) in [5.74, 6) is -0.173. The molecule has 1 aromatic carbocycles. The molecule has 0 saturated heterocycles. The van der Waals surface area contributed by atoms with Gasteiger partial charge in [0.2, 0.25) is 5.91 Å². The van der Waals surface area contributed by atoms with Crippen LogP contribution in [0.1, 0.15) is 12.8 Å². The van der Waals surface area contributed by atoms with Crippen LogP contribution in [0.2, 0.25) is 10.0 Å². The van der Waals surface area contributed by atoms with Gasteiger partial charge >= 0.3 is 0 Å². The summed E-state index contributed by atoms with van der Waals surface area (Å²) < 4.78 is 0. The van der Waals surface area contributed by atoms with Crippen molar-refractivity contribution in [3.05, 3.63) is 28.2 Å². The number of rotatable bonds is 3. The molecule has 3 nitrogen and oxygen atoms in total. The number of hydrogen-bond donors (Lipinski definition) is 2. The molecule has 0 aromatic heterocycles. The van der Waals surface area contributed by atoms with E-state index in [1.165, 1.54) is 0 Å². The lowest BCUT2D eigenvalue weighted by Gasteiger charge is -2.12. The van der Waals surface area contributed by atoms with Crippen molar-refractivity contribution < 1.29 is 9.90 Å². The predicted molar refractivity (Wildman–Crippen MR) is 63.8 cm³/mol. The largest absolute Gasteiger partial charge is 0.395 e. The lowest BCUT2D eigenvalue weighted by atomic mass is 10.1. The van der Waals surface area contributed by atoms with Crippen molar-refractivity contribution in [1.82, 2.24) is 0 Å². The Labute approximate surface area is 103 Å². The number of hydrogen-bond acceptors (Lipinski definition) is 2. The van der Waals surface area contributed by atoms with Crippen LogP contribution in [-0.4, -0.2) is 17.6 Å². The summed E-state index contributed by atoms with van der Waals surface area (Å²) in [5.41, 5.74) is -0.0309. The zero-order valence-electron chi connectivity index (χ0n) is 8.46. The molecule has 1 fully saturated rings. The molecular weight excluding hydrogens is 249 g/mol. The van der Waals surface area contributed by atoms with Crippen molar-refractivity contribution in [2.24, 2.45) is 5.41 Å². The number of aliphatic hydroxyl groups excluding tert-OH is 1. The monoisotopic (exact) mass is 259 g/mol. The van der Waals surface area contributed by atoms with Crippen LogP contribution >= 0.6 is 23.2 Å². The van der Waals surface area contributed by atoms with Gasteiger partial charge in [-0.2, -0.15) is 0 Å². The van der Waals surface area contributed by atoms with E-state index in [9.17, 15) is 4.79 Å². The molecule has 16 heavy (non-hydrogen) atoms. The lowest BCUT2D eigenvalue weighted by Crippen LogP contribution is -2.27. The SMILES string of the molecule is O=C(Nc1cc(Cl)cc(Cl)c1)C1(CO)CC1. The first kappa shape index (κ1) is 11.7. The summed E-state index contributed by atoms with van der Waals surface area (Å²) in [5, 5.41) is 12.7. The third kappa shape index (κ3) is 2.32. The van der Waals surface area contributed by atoms with Gasteiger partial charge in [0.05, 0.1) is 12.0 Å². The number of carbonyl (C=O) groups excluding carboxylic acids is 1. The van der Waals surface area contributed by atoms with E-state index in [1.54, 1.807) is 18.2 Å². The van der Waals surface area contributed by atoms with Gasteiger partial charge in [0.15, 0.2) is 0 Å². The number of halogens is 2. The van der Waals surface area contributed by atoms with Crippen molar-refractivity contribution in [3.63, 3.8) is 0 Å². The van der Waals surface area contributed by atoms with Crippen LogP contribution in [-0.2, 0) is 4.79 Å². The molecule has 5 heteroatoms. The Kier molecular flexibility index (Phi) is 3.10. The normalized spacial score (nSPS) is 16.9. The van der Waals surface area contributed by atoms with Gasteiger partial charge in [-0.3, -0.25) is 4.79 Å². The van der Waals surface area contributed by atoms with Gasteiger partial charge in [-0.25, -0.2) is 0 Å². The number of aliphatic hydroxyl groups is 1. The number of amides is 1. The van der Waals surface area contributed by atoms with E-state index in [2.05, 4.69) is 5.32 Å². The van der Waals surface area contributed by atoms with Crippen LogP contribution in [0, 0.1) is 5.41 Å². The molecule has 0 radical (unpaired) electrons. The average Bonchev–Trinajstić information content (AvgIpc) is 2.96. The molecular formula is C11H11Cl2NO2. The first-order valence-electron chi connectivity index (χ1n) is 4.94. The first-order valence-corrected chi connectivity index (χ1v) is 5.70. The molecule has 1 saturated carbocycles. The molecule has 0 heterocycles. The van der Waals surface area contributed by atoms with E-state index < -0.39 is 5.41 Å². The van der Waals surface area contributed by atoms with Crippen molar-refractivity contribution in [1.29, 1.82) is 0 Å². The fraction of sp³-hybridized carbons (Fsp3) is 0.364. The molecule has 1 aromatic rings. The van der Waals surface area contributed by atoms with Crippen LogP contribution in [0.15, 0.2) is 18.2 Å². The Morgan fingerprint density at radius 2 is 1.88 bits per heavy atom. The average molecular weight is 260 g/mol. The lowest BCUT2D eigenvalue weighted by molar-refractivity contribution is -0.122. The smallest absolute Gasteiger partial charge is 0.232 e. The molecule has 2 rings (SSSR count). The van der Waals surface area contributed by atoms with Crippen LogP contribution in [0.5, 0.6) is 0 Å². The minimum absolute atomic E-state index is 0.118. The highest BCUT2D eigenvalue weighted by molar-refractivity contribution is 6.35. The van der Waals surface area contributed by atoms with Crippen molar-refractivity contribution >= 4 is 34.8 Å². The van der Waals surface area contributed by atoms with Crippen LogP contribution in [0.4, 0.5) is 5.69 Å².